The highest BCUT2D eigenvalue weighted by atomic mass is 79.9. The van der Waals surface area contributed by atoms with Crippen LogP contribution in [0.1, 0.15) is 77.4 Å². The van der Waals surface area contributed by atoms with E-state index in [2.05, 4.69) is 41.3 Å². The number of hydrogen-bond acceptors (Lipinski definition) is 8. The zero-order chi connectivity index (χ0) is 37.3. The summed E-state index contributed by atoms with van der Waals surface area (Å²) in [6, 6.07) is 6.65. The lowest BCUT2D eigenvalue weighted by atomic mass is 9.70. The van der Waals surface area contributed by atoms with Crippen LogP contribution in [0.2, 0.25) is 0 Å². The van der Waals surface area contributed by atoms with Gasteiger partial charge < -0.3 is 34.4 Å². The molecule has 9 atom stereocenters. The Morgan fingerprint density at radius 2 is 1.92 bits per heavy atom. The van der Waals surface area contributed by atoms with Crippen LogP contribution < -0.4 is 5.32 Å². The van der Waals surface area contributed by atoms with Crippen LogP contribution in [-0.2, 0) is 33.4 Å². The van der Waals surface area contributed by atoms with Crippen LogP contribution in [-0.4, -0.2) is 107 Å². The van der Waals surface area contributed by atoms with Crippen molar-refractivity contribution in [2.75, 3.05) is 33.4 Å². The summed E-state index contributed by atoms with van der Waals surface area (Å²) in [5, 5.41) is 13.6. The van der Waals surface area contributed by atoms with Gasteiger partial charge in [-0.25, -0.2) is 0 Å². The van der Waals surface area contributed by atoms with Crippen molar-refractivity contribution in [3.05, 3.63) is 61.2 Å². The Labute approximate surface area is 311 Å². The molecule has 3 saturated heterocycles. The number of fused-ring (bicyclic) bond motifs is 1. The van der Waals surface area contributed by atoms with E-state index in [1.807, 2.05) is 44.2 Å². The molecular formula is C39H56BrN3O8. The number of amides is 3. The van der Waals surface area contributed by atoms with Gasteiger partial charge in [-0.2, -0.15) is 0 Å². The third-order valence-electron chi connectivity index (χ3n) is 10.3. The van der Waals surface area contributed by atoms with Gasteiger partial charge in [0.1, 0.15) is 17.7 Å². The summed E-state index contributed by atoms with van der Waals surface area (Å²) in [6.07, 6.45) is 5.81. The molecule has 4 rings (SSSR count). The molecule has 0 aromatic heterocycles. The molecule has 3 amide bonds. The number of benzene rings is 1. The molecule has 1 unspecified atom stereocenters. The molecule has 2 bridgehead atoms. The molecule has 282 valence electrons. The van der Waals surface area contributed by atoms with E-state index in [4.69, 9.17) is 14.2 Å². The molecule has 1 aromatic carbocycles. The number of aliphatic hydroxyl groups excluding tert-OH is 1. The number of methoxy groups -OCH3 is 1. The van der Waals surface area contributed by atoms with Gasteiger partial charge in [0, 0.05) is 31.4 Å². The molecule has 0 aliphatic carbocycles. The summed E-state index contributed by atoms with van der Waals surface area (Å²) < 4.78 is 18.6. The third-order valence-corrected chi connectivity index (χ3v) is 11.1. The Morgan fingerprint density at radius 1 is 1.20 bits per heavy atom. The highest BCUT2D eigenvalue weighted by Crippen LogP contribution is 2.61. The van der Waals surface area contributed by atoms with E-state index >= 15 is 0 Å². The van der Waals surface area contributed by atoms with Crippen LogP contribution in [0.25, 0.3) is 0 Å². The van der Waals surface area contributed by atoms with E-state index in [1.165, 1.54) is 12.0 Å². The van der Waals surface area contributed by atoms with E-state index < -0.39 is 59.6 Å². The van der Waals surface area contributed by atoms with Crippen molar-refractivity contribution in [2.45, 2.75) is 106 Å². The van der Waals surface area contributed by atoms with E-state index in [-0.39, 0.29) is 42.2 Å². The maximum Gasteiger partial charge on any atom is 0.313 e. The number of likely N-dealkylation sites (tertiary alicyclic amines) is 1. The number of nitrogens with zero attached hydrogens (tertiary/aromatic N) is 2. The molecule has 2 N–H and O–H groups in total. The molecule has 0 saturated carbocycles. The standard InChI is InChI=1S/C39H56BrN3O8/c1-7-10-15-20-42(19-9-3)37(47)35-39-22-28(40)34(51-39)31(32(39)36(46)43(35)27(23-44)21-25(4)5)38(48)50-33(26-16-13-12-14-17-26)29(24-49-6)41-30(45)18-11-8-2/h8-9,12-14,16-17,25,27-29,31-35,44H,2-3,7,10-11,15,18-24H2,1,4-6H3,(H,41,45)/t27-,28?,29-,31-,32+,33-,34-,35-,39+/m1/s1. The van der Waals surface area contributed by atoms with Crippen LogP contribution in [0.4, 0.5) is 0 Å². The number of aliphatic hydroxyl groups is 1. The topological polar surface area (TPSA) is 135 Å². The van der Waals surface area contributed by atoms with Gasteiger partial charge in [-0.1, -0.05) is 92.0 Å². The molecule has 51 heavy (non-hydrogen) atoms. The smallest absolute Gasteiger partial charge is 0.313 e. The average molecular weight is 775 g/mol. The average Bonchev–Trinajstić information content (AvgIpc) is 3.71. The lowest BCUT2D eigenvalue weighted by molar-refractivity contribution is -0.163. The summed E-state index contributed by atoms with van der Waals surface area (Å²) in [5.41, 5.74) is -0.679. The molecule has 3 heterocycles. The molecule has 3 fully saturated rings. The number of alkyl halides is 1. The maximum atomic E-state index is 14.8. The monoisotopic (exact) mass is 773 g/mol. The highest BCUT2D eigenvalue weighted by molar-refractivity contribution is 9.09. The molecule has 11 nitrogen and oxygen atoms in total. The first-order chi connectivity index (χ1) is 24.5. The molecule has 3 aliphatic heterocycles. The summed E-state index contributed by atoms with van der Waals surface area (Å²) in [4.78, 5) is 59.9. The Bertz CT molecular complexity index is 1380. The maximum absolute atomic E-state index is 14.8. The Morgan fingerprint density at radius 3 is 2.53 bits per heavy atom. The van der Waals surface area contributed by atoms with E-state index in [0.29, 0.717) is 37.9 Å². The van der Waals surface area contributed by atoms with Gasteiger partial charge in [-0.3, -0.25) is 19.2 Å². The van der Waals surface area contributed by atoms with Crippen LogP contribution >= 0.6 is 15.9 Å². The minimum atomic E-state index is -1.32. The molecule has 1 spiro atoms. The van der Waals surface area contributed by atoms with Gasteiger partial charge in [-0.05, 0) is 37.2 Å². The second-order valence-electron chi connectivity index (χ2n) is 14.4. The molecule has 12 heteroatoms. The fraction of sp³-hybridized carbons (Fsp3) is 0.641. The molecule has 0 radical (unpaired) electrons. The van der Waals surface area contributed by atoms with Crippen LogP contribution in [0.5, 0.6) is 0 Å². The minimum Gasteiger partial charge on any atom is -0.455 e. The van der Waals surface area contributed by atoms with Gasteiger partial charge in [0.25, 0.3) is 0 Å². The number of carbonyl (C=O) groups excluding carboxylic acids is 4. The molecular weight excluding hydrogens is 718 g/mol. The second-order valence-corrected chi connectivity index (χ2v) is 15.6. The number of esters is 1. The van der Waals surface area contributed by atoms with E-state index in [9.17, 15) is 24.3 Å². The van der Waals surface area contributed by atoms with E-state index in [1.54, 1.807) is 17.1 Å². The number of nitrogens with one attached hydrogen (secondary N) is 1. The van der Waals surface area contributed by atoms with Gasteiger partial charge in [0.2, 0.25) is 17.7 Å². The van der Waals surface area contributed by atoms with E-state index in [0.717, 1.165) is 19.3 Å². The zero-order valence-electron chi connectivity index (χ0n) is 30.5. The van der Waals surface area contributed by atoms with Gasteiger partial charge in [0.05, 0.1) is 43.2 Å². The number of ether oxygens (including phenoxy) is 3. The number of hydrogen-bond donors (Lipinski definition) is 2. The zero-order valence-corrected chi connectivity index (χ0v) is 32.1. The summed E-state index contributed by atoms with van der Waals surface area (Å²) in [6.45, 7) is 14.2. The summed E-state index contributed by atoms with van der Waals surface area (Å²) in [5.74, 6) is -3.53. The summed E-state index contributed by atoms with van der Waals surface area (Å²) in [7, 11) is 1.51. The van der Waals surface area contributed by atoms with Crippen LogP contribution in [0.3, 0.4) is 0 Å². The van der Waals surface area contributed by atoms with Gasteiger partial charge in [-0.15, -0.1) is 13.2 Å². The predicted octanol–water partition coefficient (Wildman–Crippen LogP) is 4.73. The minimum absolute atomic E-state index is 0.0551. The van der Waals surface area contributed by atoms with Gasteiger partial charge >= 0.3 is 5.97 Å². The first-order valence-corrected chi connectivity index (χ1v) is 19.2. The van der Waals surface area contributed by atoms with Crippen molar-refractivity contribution in [1.82, 2.24) is 15.1 Å². The SMILES string of the molecule is C=CCCC(=O)N[C@H](COC)[C@H](OC(=O)[C@H]1[C@@H]2O[C@@]3(CC2Br)[C@@H]1C(=O)N([C@@H](CO)CC(C)C)[C@@H]3C(=O)N(CC=C)CCCCC)c1ccccc1. The lowest BCUT2D eigenvalue weighted by Gasteiger charge is -2.40. The first kappa shape index (κ1) is 40.7. The second kappa shape index (κ2) is 18.6. The number of allylic oxidation sites excluding steroid dienone is 1. The summed E-state index contributed by atoms with van der Waals surface area (Å²) >= 11 is 3.75. The predicted molar refractivity (Wildman–Crippen MR) is 198 cm³/mol. The fourth-order valence-corrected chi connectivity index (χ4v) is 9.07. The van der Waals surface area contributed by atoms with Crippen molar-refractivity contribution in [3.63, 3.8) is 0 Å². The number of halogens is 1. The largest absolute Gasteiger partial charge is 0.455 e. The quantitative estimate of drug-likeness (QED) is 0.0794. The first-order valence-electron chi connectivity index (χ1n) is 18.3. The highest BCUT2D eigenvalue weighted by Gasteiger charge is 2.77. The molecule has 1 aromatic rings. The van der Waals surface area contributed by atoms with Gasteiger partial charge in [0.15, 0.2) is 0 Å². The fourth-order valence-electron chi connectivity index (χ4n) is 8.13. The van der Waals surface area contributed by atoms with Crippen molar-refractivity contribution in [2.24, 2.45) is 17.8 Å². The number of carbonyl (C=O) groups is 4. The Kier molecular flexibility index (Phi) is 14.9. The van der Waals surface area contributed by atoms with Crippen molar-refractivity contribution in [1.29, 1.82) is 0 Å². The van der Waals surface area contributed by atoms with Crippen molar-refractivity contribution in [3.8, 4) is 0 Å². The van der Waals surface area contributed by atoms with Crippen molar-refractivity contribution >= 4 is 39.6 Å². The number of rotatable bonds is 21. The lowest BCUT2D eigenvalue weighted by Crippen LogP contribution is -2.59. The number of unbranched alkanes of at least 4 members (excludes halogenated alkanes) is 2. The third kappa shape index (κ3) is 8.77. The molecule has 3 aliphatic rings. The van der Waals surface area contributed by atoms with Crippen LogP contribution in [0.15, 0.2) is 55.6 Å². The van der Waals surface area contributed by atoms with Crippen LogP contribution in [0, 0.1) is 17.8 Å². The Balaban J connectivity index is 1.76. The van der Waals surface area contributed by atoms with Crippen molar-refractivity contribution < 1.29 is 38.5 Å². The normalized spacial score (nSPS) is 26.8. The Hall–Kier alpha value is -3.06.